The zero-order valence-electron chi connectivity index (χ0n) is 14.8. The number of benzene rings is 1. The van der Waals surface area contributed by atoms with Gasteiger partial charge < -0.3 is 5.32 Å². The van der Waals surface area contributed by atoms with Crippen LogP contribution in [0.5, 0.6) is 0 Å². The highest BCUT2D eigenvalue weighted by Crippen LogP contribution is 2.38. The fraction of sp³-hybridized carbons (Fsp3) is 0.333. The molecule has 2 heterocycles. The van der Waals surface area contributed by atoms with Crippen LogP contribution < -0.4 is 10.9 Å². The summed E-state index contributed by atoms with van der Waals surface area (Å²) < 4.78 is 1.60. The second-order valence-corrected chi connectivity index (χ2v) is 7.51. The lowest BCUT2D eigenvalue weighted by Gasteiger charge is -2.35. The van der Waals surface area contributed by atoms with Crippen molar-refractivity contribution >= 4 is 17.2 Å². The van der Waals surface area contributed by atoms with Gasteiger partial charge in [-0.15, -0.1) is 0 Å². The Bertz CT molecular complexity index is 977. The van der Waals surface area contributed by atoms with Crippen LogP contribution in [0, 0.1) is 12.8 Å². The topological polar surface area (TPSA) is 46.4 Å². The van der Waals surface area contributed by atoms with E-state index in [-0.39, 0.29) is 11.6 Å². The molecule has 0 saturated heterocycles. The summed E-state index contributed by atoms with van der Waals surface area (Å²) in [6.45, 7) is 2.55. The molecule has 0 radical (unpaired) electrons. The van der Waals surface area contributed by atoms with Gasteiger partial charge in [0.05, 0.1) is 5.69 Å². The smallest absolute Gasteiger partial charge is 0.258 e. The van der Waals surface area contributed by atoms with Crippen LogP contribution in [0.3, 0.4) is 0 Å². The molecule has 4 nitrogen and oxygen atoms in total. The number of fused-ring (bicyclic) bond motifs is 1. The van der Waals surface area contributed by atoms with Gasteiger partial charge in [0.2, 0.25) is 0 Å². The monoisotopic (exact) mass is 367 g/mol. The Morgan fingerprint density at radius 3 is 2.73 bits per heavy atom. The Kier molecular flexibility index (Phi) is 4.79. The molecular weight excluding hydrogens is 346 g/mol. The molecule has 1 atom stereocenters. The molecule has 134 valence electrons. The fourth-order valence-electron chi connectivity index (χ4n) is 3.61. The van der Waals surface area contributed by atoms with Crippen LogP contribution in [0.15, 0.2) is 53.5 Å². The van der Waals surface area contributed by atoms with Gasteiger partial charge in [-0.1, -0.05) is 36.2 Å². The summed E-state index contributed by atoms with van der Waals surface area (Å²) in [5, 5.41) is 4.38. The number of nitrogens with one attached hydrogen (secondary N) is 1. The van der Waals surface area contributed by atoms with Crippen molar-refractivity contribution in [2.75, 3.05) is 0 Å². The summed E-state index contributed by atoms with van der Waals surface area (Å²) in [6, 6.07) is 13.8. The van der Waals surface area contributed by atoms with Crippen LogP contribution in [-0.2, 0) is 6.54 Å². The first kappa shape index (κ1) is 17.3. The highest BCUT2D eigenvalue weighted by atomic mass is 35.5. The summed E-state index contributed by atoms with van der Waals surface area (Å²) in [5.74, 6) is 0.625. The molecule has 0 bridgehead atoms. The van der Waals surface area contributed by atoms with Crippen molar-refractivity contribution in [1.29, 1.82) is 0 Å². The number of aryl methyl sites for hydroxylation is 1. The lowest BCUT2D eigenvalue weighted by molar-refractivity contribution is 0.229. The van der Waals surface area contributed by atoms with Crippen molar-refractivity contribution in [2.45, 2.75) is 38.8 Å². The largest absolute Gasteiger partial charge is 0.304 e. The molecule has 1 N–H and O–H groups in total. The number of halogens is 1. The third-order valence-corrected chi connectivity index (χ3v) is 5.54. The first-order valence-corrected chi connectivity index (χ1v) is 9.46. The minimum absolute atomic E-state index is 0.0396. The standard InChI is InChI=1S/C21H22ClN3O/c1-14-4-3-11-25-19(26)12-18(24-21(14)25)13-23-20(15-5-2-6-15)16-7-9-17(22)10-8-16/h3-4,7-12,15,20,23H,2,5-6,13H2,1H3. The van der Waals surface area contributed by atoms with E-state index in [4.69, 9.17) is 16.6 Å². The molecule has 1 aliphatic carbocycles. The van der Waals surface area contributed by atoms with Gasteiger partial charge in [-0.2, -0.15) is 0 Å². The Morgan fingerprint density at radius 2 is 2.04 bits per heavy atom. The van der Waals surface area contributed by atoms with E-state index in [0.29, 0.717) is 12.5 Å². The number of aromatic nitrogens is 2. The van der Waals surface area contributed by atoms with E-state index in [0.717, 1.165) is 21.9 Å². The van der Waals surface area contributed by atoms with Crippen molar-refractivity contribution in [2.24, 2.45) is 5.92 Å². The molecule has 4 rings (SSSR count). The predicted octanol–water partition coefficient (Wildman–Crippen LogP) is 4.29. The second-order valence-electron chi connectivity index (χ2n) is 7.07. The Labute approximate surface area is 157 Å². The van der Waals surface area contributed by atoms with Crippen molar-refractivity contribution in [1.82, 2.24) is 14.7 Å². The molecule has 0 spiro atoms. The van der Waals surface area contributed by atoms with Gasteiger partial charge in [0.15, 0.2) is 0 Å². The van der Waals surface area contributed by atoms with Crippen molar-refractivity contribution in [3.8, 4) is 0 Å². The van der Waals surface area contributed by atoms with E-state index in [2.05, 4.69) is 17.4 Å². The van der Waals surface area contributed by atoms with Crippen molar-refractivity contribution < 1.29 is 0 Å². The first-order chi connectivity index (χ1) is 12.6. The molecule has 1 fully saturated rings. The van der Waals surface area contributed by atoms with Crippen molar-refractivity contribution in [3.05, 3.63) is 80.9 Å². The van der Waals surface area contributed by atoms with Gasteiger partial charge >= 0.3 is 0 Å². The van der Waals surface area contributed by atoms with Gasteiger partial charge in [-0.3, -0.25) is 9.20 Å². The normalized spacial score (nSPS) is 15.8. The predicted molar refractivity (Wildman–Crippen MR) is 105 cm³/mol. The number of pyridine rings is 1. The third-order valence-electron chi connectivity index (χ3n) is 5.29. The fourth-order valence-corrected chi connectivity index (χ4v) is 3.74. The molecule has 2 aromatic heterocycles. The van der Waals surface area contributed by atoms with Crippen LogP contribution in [0.25, 0.3) is 5.65 Å². The van der Waals surface area contributed by atoms with Gasteiger partial charge in [0.25, 0.3) is 5.56 Å². The lowest BCUT2D eigenvalue weighted by atomic mass is 9.77. The van der Waals surface area contributed by atoms with Crippen LogP contribution >= 0.6 is 11.6 Å². The van der Waals surface area contributed by atoms with Gasteiger partial charge in [-0.25, -0.2) is 4.98 Å². The average molecular weight is 368 g/mol. The van der Waals surface area contributed by atoms with E-state index in [1.165, 1.54) is 24.8 Å². The van der Waals surface area contributed by atoms with Crippen LogP contribution in [0.4, 0.5) is 0 Å². The third kappa shape index (κ3) is 3.39. The summed E-state index contributed by atoms with van der Waals surface area (Å²) in [5.41, 5.74) is 3.71. The average Bonchev–Trinajstić information content (AvgIpc) is 2.59. The maximum Gasteiger partial charge on any atom is 0.258 e. The molecule has 26 heavy (non-hydrogen) atoms. The van der Waals surface area contributed by atoms with E-state index >= 15 is 0 Å². The molecule has 5 heteroatoms. The molecular formula is C21H22ClN3O. The minimum atomic E-state index is -0.0396. The SMILES string of the molecule is Cc1cccn2c(=O)cc(CNC(c3ccc(Cl)cc3)C3CCC3)nc12. The first-order valence-electron chi connectivity index (χ1n) is 9.08. The van der Waals surface area contributed by atoms with Crippen LogP contribution in [0.2, 0.25) is 5.02 Å². The van der Waals surface area contributed by atoms with Gasteiger partial charge in [0, 0.05) is 29.9 Å². The van der Waals surface area contributed by atoms with E-state index in [1.807, 2.05) is 31.2 Å². The van der Waals surface area contributed by atoms with Crippen molar-refractivity contribution in [3.63, 3.8) is 0 Å². The molecule has 0 amide bonds. The summed E-state index contributed by atoms with van der Waals surface area (Å²) in [4.78, 5) is 17.1. The van der Waals surface area contributed by atoms with E-state index in [1.54, 1.807) is 16.7 Å². The highest BCUT2D eigenvalue weighted by molar-refractivity contribution is 6.30. The maximum absolute atomic E-state index is 12.4. The molecule has 1 saturated carbocycles. The number of rotatable bonds is 5. The second kappa shape index (κ2) is 7.22. The van der Waals surface area contributed by atoms with E-state index in [9.17, 15) is 4.79 Å². The van der Waals surface area contributed by atoms with Gasteiger partial charge in [-0.05, 0) is 55.0 Å². The summed E-state index contributed by atoms with van der Waals surface area (Å²) in [6.07, 6.45) is 5.51. The zero-order valence-corrected chi connectivity index (χ0v) is 15.5. The molecule has 3 aromatic rings. The number of nitrogens with zero attached hydrogens (tertiary/aromatic N) is 2. The molecule has 1 aromatic carbocycles. The minimum Gasteiger partial charge on any atom is -0.304 e. The Balaban J connectivity index is 1.59. The molecule has 1 aliphatic rings. The Hall–Kier alpha value is -2.17. The van der Waals surface area contributed by atoms with Gasteiger partial charge in [0.1, 0.15) is 5.65 Å². The Morgan fingerprint density at radius 1 is 1.27 bits per heavy atom. The number of hydrogen-bond donors (Lipinski definition) is 1. The molecule has 1 unspecified atom stereocenters. The highest BCUT2D eigenvalue weighted by Gasteiger charge is 2.28. The summed E-state index contributed by atoms with van der Waals surface area (Å²) >= 11 is 6.04. The summed E-state index contributed by atoms with van der Waals surface area (Å²) in [7, 11) is 0. The quantitative estimate of drug-likeness (QED) is 0.731. The zero-order chi connectivity index (χ0) is 18.1. The molecule has 0 aliphatic heterocycles. The number of hydrogen-bond acceptors (Lipinski definition) is 3. The van der Waals surface area contributed by atoms with E-state index < -0.39 is 0 Å². The van der Waals surface area contributed by atoms with Crippen LogP contribution in [-0.4, -0.2) is 9.38 Å². The maximum atomic E-state index is 12.4. The lowest BCUT2D eigenvalue weighted by Crippen LogP contribution is -2.32. The van der Waals surface area contributed by atoms with Crippen LogP contribution in [0.1, 0.15) is 42.1 Å².